The van der Waals surface area contributed by atoms with Gasteiger partial charge in [-0.05, 0) is 54.8 Å². The third-order valence-electron chi connectivity index (χ3n) is 4.00. The number of nitrogens with one attached hydrogen (secondary N) is 1. The third-order valence-corrected chi connectivity index (χ3v) is 5.03. The van der Waals surface area contributed by atoms with Crippen LogP contribution in [0.15, 0.2) is 41.8 Å². The molecule has 2 aromatic rings. The fraction of sp³-hybridized carbons (Fsp3) is 0.353. The fourth-order valence-electron chi connectivity index (χ4n) is 2.82. The Balaban J connectivity index is 1.55. The van der Waals surface area contributed by atoms with Crippen molar-refractivity contribution in [1.29, 1.82) is 0 Å². The summed E-state index contributed by atoms with van der Waals surface area (Å²) >= 11 is 1.82. The SMILES string of the molecule is Cc1cccc(NC(=O)N2CCC(c3cccs3)CC2)c1. The van der Waals surface area contributed by atoms with Crippen molar-refractivity contribution in [3.8, 4) is 0 Å². The molecule has 3 rings (SSSR count). The molecule has 0 spiro atoms. The Morgan fingerprint density at radius 3 is 2.71 bits per heavy atom. The molecule has 1 aromatic carbocycles. The minimum absolute atomic E-state index is 0.0187. The van der Waals surface area contributed by atoms with E-state index in [-0.39, 0.29) is 6.03 Å². The van der Waals surface area contributed by atoms with Crippen molar-refractivity contribution in [2.45, 2.75) is 25.7 Å². The van der Waals surface area contributed by atoms with Gasteiger partial charge in [0.05, 0.1) is 0 Å². The average Bonchev–Trinajstić information content (AvgIpc) is 3.01. The number of likely N-dealkylation sites (tertiary alicyclic amines) is 1. The highest BCUT2D eigenvalue weighted by molar-refractivity contribution is 7.10. The molecule has 1 aliphatic rings. The second-order valence-corrected chi connectivity index (χ2v) is 6.56. The van der Waals surface area contributed by atoms with Gasteiger partial charge in [-0.15, -0.1) is 11.3 Å². The number of hydrogen-bond acceptors (Lipinski definition) is 2. The zero-order valence-electron chi connectivity index (χ0n) is 12.2. The molecular formula is C17H20N2OS. The van der Waals surface area contributed by atoms with Gasteiger partial charge in [-0.25, -0.2) is 4.79 Å². The Morgan fingerprint density at radius 1 is 1.24 bits per heavy atom. The van der Waals surface area contributed by atoms with Crippen molar-refractivity contribution in [3.63, 3.8) is 0 Å². The van der Waals surface area contributed by atoms with Crippen LogP contribution in [0, 0.1) is 6.92 Å². The van der Waals surface area contributed by atoms with Gasteiger partial charge in [-0.1, -0.05) is 18.2 Å². The fourth-order valence-corrected chi connectivity index (χ4v) is 3.72. The molecule has 0 saturated carbocycles. The van der Waals surface area contributed by atoms with Crippen LogP contribution in [0.4, 0.5) is 10.5 Å². The predicted molar refractivity (Wildman–Crippen MR) is 88.1 cm³/mol. The maximum absolute atomic E-state index is 12.3. The lowest BCUT2D eigenvalue weighted by molar-refractivity contribution is 0.195. The highest BCUT2D eigenvalue weighted by Crippen LogP contribution is 2.31. The third kappa shape index (κ3) is 3.45. The van der Waals surface area contributed by atoms with Crippen molar-refractivity contribution in [3.05, 3.63) is 52.2 Å². The topological polar surface area (TPSA) is 32.3 Å². The molecule has 0 unspecified atom stereocenters. The first-order chi connectivity index (χ1) is 10.2. The van der Waals surface area contributed by atoms with E-state index in [1.54, 1.807) is 0 Å². The number of nitrogens with zero attached hydrogens (tertiary/aromatic N) is 1. The zero-order chi connectivity index (χ0) is 14.7. The van der Waals surface area contributed by atoms with E-state index in [9.17, 15) is 4.79 Å². The van der Waals surface area contributed by atoms with Gasteiger partial charge in [0.1, 0.15) is 0 Å². The summed E-state index contributed by atoms with van der Waals surface area (Å²) in [5.74, 6) is 0.619. The van der Waals surface area contributed by atoms with Crippen molar-refractivity contribution < 1.29 is 4.79 Å². The molecule has 1 fully saturated rings. The lowest BCUT2D eigenvalue weighted by atomic mass is 9.95. The first-order valence-electron chi connectivity index (χ1n) is 7.38. The van der Waals surface area contributed by atoms with Crippen LogP contribution in [0.2, 0.25) is 0 Å². The largest absolute Gasteiger partial charge is 0.324 e. The van der Waals surface area contributed by atoms with Gasteiger partial charge >= 0.3 is 6.03 Å². The smallest absolute Gasteiger partial charge is 0.321 e. The molecule has 1 saturated heterocycles. The van der Waals surface area contributed by atoms with Gasteiger partial charge in [-0.3, -0.25) is 0 Å². The summed E-state index contributed by atoms with van der Waals surface area (Å²) < 4.78 is 0. The number of thiophene rings is 1. The van der Waals surface area contributed by atoms with E-state index in [0.717, 1.165) is 37.2 Å². The summed E-state index contributed by atoms with van der Waals surface area (Å²) in [7, 11) is 0. The molecule has 0 bridgehead atoms. The number of carbonyl (C=O) groups excluding carboxylic acids is 1. The minimum atomic E-state index is 0.0187. The zero-order valence-corrected chi connectivity index (χ0v) is 13.0. The van der Waals surface area contributed by atoms with Gasteiger partial charge in [0.15, 0.2) is 0 Å². The molecule has 2 heterocycles. The number of rotatable bonds is 2. The van der Waals surface area contributed by atoms with E-state index < -0.39 is 0 Å². The molecular weight excluding hydrogens is 280 g/mol. The average molecular weight is 300 g/mol. The molecule has 0 aliphatic carbocycles. The van der Waals surface area contributed by atoms with Crippen LogP contribution in [0.25, 0.3) is 0 Å². The van der Waals surface area contributed by atoms with E-state index in [1.807, 2.05) is 47.4 Å². The Hall–Kier alpha value is -1.81. The highest BCUT2D eigenvalue weighted by atomic mass is 32.1. The molecule has 1 aromatic heterocycles. The number of piperidine rings is 1. The van der Waals surface area contributed by atoms with E-state index in [2.05, 4.69) is 22.8 Å². The van der Waals surface area contributed by atoms with E-state index in [1.165, 1.54) is 4.88 Å². The van der Waals surface area contributed by atoms with Gasteiger partial charge in [0.2, 0.25) is 0 Å². The Bertz CT molecular complexity index is 601. The molecule has 110 valence electrons. The summed E-state index contributed by atoms with van der Waals surface area (Å²) in [6.45, 7) is 3.70. The Labute approximate surface area is 129 Å². The summed E-state index contributed by atoms with van der Waals surface area (Å²) in [6.07, 6.45) is 2.11. The number of benzene rings is 1. The number of aryl methyl sites for hydroxylation is 1. The standard InChI is InChI=1S/C17H20N2OS/c1-13-4-2-5-15(12-13)18-17(20)19-9-7-14(8-10-19)16-6-3-11-21-16/h2-6,11-12,14H,7-10H2,1H3,(H,18,20). The van der Waals surface area contributed by atoms with Crippen LogP contribution < -0.4 is 5.32 Å². The predicted octanol–water partition coefficient (Wildman–Crippen LogP) is 4.47. The lowest BCUT2D eigenvalue weighted by Gasteiger charge is -2.31. The number of carbonyl (C=O) groups is 1. The van der Waals surface area contributed by atoms with Crippen molar-refractivity contribution in [1.82, 2.24) is 4.90 Å². The first kappa shape index (κ1) is 14.1. The van der Waals surface area contributed by atoms with Gasteiger partial charge in [0.25, 0.3) is 0 Å². The maximum atomic E-state index is 12.3. The molecule has 2 amide bonds. The van der Waals surface area contributed by atoms with Crippen molar-refractivity contribution in [2.75, 3.05) is 18.4 Å². The van der Waals surface area contributed by atoms with Crippen LogP contribution in [0.1, 0.15) is 29.2 Å². The van der Waals surface area contributed by atoms with Gasteiger partial charge in [0, 0.05) is 23.7 Å². The number of anilines is 1. The molecule has 3 nitrogen and oxygen atoms in total. The summed E-state index contributed by atoms with van der Waals surface area (Å²) in [4.78, 5) is 15.7. The van der Waals surface area contributed by atoms with Gasteiger partial charge < -0.3 is 10.2 Å². The molecule has 21 heavy (non-hydrogen) atoms. The molecule has 0 atom stereocenters. The van der Waals surface area contributed by atoms with Crippen LogP contribution in [0.3, 0.4) is 0 Å². The second-order valence-electron chi connectivity index (χ2n) is 5.58. The molecule has 1 N–H and O–H groups in total. The highest BCUT2D eigenvalue weighted by Gasteiger charge is 2.24. The van der Waals surface area contributed by atoms with E-state index >= 15 is 0 Å². The monoisotopic (exact) mass is 300 g/mol. The normalized spacial score (nSPS) is 16.0. The summed E-state index contributed by atoms with van der Waals surface area (Å²) in [5, 5.41) is 5.12. The molecule has 4 heteroatoms. The van der Waals surface area contributed by atoms with E-state index in [0.29, 0.717) is 5.92 Å². The number of hydrogen-bond donors (Lipinski definition) is 1. The van der Waals surface area contributed by atoms with Crippen LogP contribution in [-0.2, 0) is 0 Å². The van der Waals surface area contributed by atoms with Crippen LogP contribution in [0.5, 0.6) is 0 Å². The number of amides is 2. The quantitative estimate of drug-likeness (QED) is 0.872. The lowest BCUT2D eigenvalue weighted by Crippen LogP contribution is -2.40. The summed E-state index contributed by atoms with van der Waals surface area (Å²) in [6, 6.07) is 12.3. The van der Waals surface area contributed by atoms with E-state index in [4.69, 9.17) is 0 Å². The van der Waals surface area contributed by atoms with Gasteiger partial charge in [-0.2, -0.15) is 0 Å². The van der Waals surface area contributed by atoms with Crippen molar-refractivity contribution in [2.24, 2.45) is 0 Å². The van der Waals surface area contributed by atoms with Crippen LogP contribution in [-0.4, -0.2) is 24.0 Å². The first-order valence-corrected chi connectivity index (χ1v) is 8.26. The molecule has 1 aliphatic heterocycles. The van der Waals surface area contributed by atoms with Crippen molar-refractivity contribution >= 4 is 23.1 Å². The maximum Gasteiger partial charge on any atom is 0.321 e. The van der Waals surface area contributed by atoms with Crippen LogP contribution >= 0.6 is 11.3 Å². The Morgan fingerprint density at radius 2 is 2.05 bits per heavy atom. The summed E-state index contributed by atoms with van der Waals surface area (Å²) in [5.41, 5.74) is 2.03. The number of urea groups is 1. The second kappa shape index (κ2) is 6.31. The molecule has 0 radical (unpaired) electrons. The minimum Gasteiger partial charge on any atom is -0.324 e. The Kier molecular flexibility index (Phi) is 4.25.